The van der Waals surface area contributed by atoms with Crippen molar-refractivity contribution in [3.63, 3.8) is 0 Å². The van der Waals surface area contributed by atoms with Crippen molar-refractivity contribution in [3.05, 3.63) is 36.5 Å². The highest BCUT2D eigenvalue weighted by Crippen LogP contribution is 2.43. The minimum Gasteiger partial charge on any atom is -0.457 e. The molecule has 3 N–H and O–H groups in total. The summed E-state index contributed by atoms with van der Waals surface area (Å²) in [5.74, 6) is -0.340. The maximum atomic E-state index is 12.6. The van der Waals surface area contributed by atoms with Gasteiger partial charge < -0.3 is 20.1 Å². The molecule has 0 radical (unpaired) electrons. The molecule has 0 aliphatic rings. The van der Waals surface area contributed by atoms with E-state index in [0.717, 1.165) is 51.4 Å². The van der Waals surface area contributed by atoms with Crippen LogP contribution in [0.2, 0.25) is 0 Å². The zero-order valence-corrected chi connectivity index (χ0v) is 35.4. The molecular formula is C44H84NO7P. The molecular weight excluding hydrogens is 685 g/mol. The van der Waals surface area contributed by atoms with Crippen molar-refractivity contribution in [2.45, 2.75) is 206 Å². The van der Waals surface area contributed by atoms with E-state index in [2.05, 4.69) is 50.3 Å². The summed E-state index contributed by atoms with van der Waals surface area (Å²) in [6.07, 6.45) is 47.3. The van der Waals surface area contributed by atoms with Gasteiger partial charge in [0.2, 0.25) is 0 Å². The van der Waals surface area contributed by atoms with Gasteiger partial charge in [-0.1, -0.05) is 159 Å². The van der Waals surface area contributed by atoms with Crippen LogP contribution in [0.4, 0.5) is 0 Å². The lowest BCUT2D eigenvalue weighted by Gasteiger charge is -2.20. The second-order valence-corrected chi connectivity index (χ2v) is 16.0. The van der Waals surface area contributed by atoms with Crippen LogP contribution in [0.15, 0.2) is 36.5 Å². The number of unbranched alkanes of at least 4 members (excludes halogenated alkanes) is 23. The molecule has 2 atom stereocenters. The van der Waals surface area contributed by atoms with Crippen molar-refractivity contribution in [1.29, 1.82) is 0 Å². The van der Waals surface area contributed by atoms with Gasteiger partial charge in [0.1, 0.15) is 6.10 Å². The maximum Gasteiger partial charge on any atom is 0.472 e. The molecule has 0 heterocycles. The molecule has 2 unspecified atom stereocenters. The Bertz CT molecular complexity index is 910. The topological polar surface area (TPSA) is 117 Å². The van der Waals surface area contributed by atoms with E-state index in [9.17, 15) is 14.3 Å². The standard InChI is InChI=1S/C44H84NO7P/c1-3-5-7-9-11-13-15-17-19-21-22-24-26-28-30-32-34-36-39-49-41-43(42-51-53(47,48)50-40-38-45)52-44(46)37-35-33-31-29-27-25-23-20-18-16-14-12-10-8-6-4-2/h11,13,17,19-20,23,43H,3-10,12,14-16,18,21-22,24-42,45H2,1-2H3,(H,47,48)/b13-11-,19-17-,23-20-. The fourth-order valence-electron chi connectivity index (χ4n) is 6.02. The molecule has 0 fully saturated rings. The average molecular weight is 770 g/mol. The van der Waals surface area contributed by atoms with Gasteiger partial charge in [0.05, 0.1) is 19.8 Å². The molecule has 0 aliphatic carbocycles. The predicted molar refractivity (Wildman–Crippen MR) is 224 cm³/mol. The first-order chi connectivity index (χ1) is 25.9. The Balaban J connectivity index is 4.04. The summed E-state index contributed by atoms with van der Waals surface area (Å²) in [5, 5.41) is 0. The van der Waals surface area contributed by atoms with E-state index in [1.54, 1.807) is 0 Å². The summed E-state index contributed by atoms with van der Waals surface area (Å²) in [6.45, 7) is 4.88. The largest absolute Gasteiger partial charge is 0.472 e. The summed E-state index contributed by atoms with van der Waals surface area (Å²) in [6, 6.07) is 0. The number of ether oxygens (including phenoxy) is 2. The van der Waals surface area contributed by atoms with Crippen LogP contribution in [0.3, 0.4) is 0 Å². The first kappa shape index (κ1) is 51.7. The third kappa shape index (κ3) is 41.7. The number of carbonyl (C=O) groups excluding carboxylic acids is 1. The molecule has 312 valence electrons. The number of allylic oxidation sites excluding steroid dienone is 6. The molecule has 0 rings (SSSR count). The number of hydrogen-bond acceptors (Lipinski definition) is 7. The fraction of sp³-hybridized carbons (Fsp3) is 0.841. The van der Waals surface area contributed by atoms with E-state index in [1.807, 2.05) is 0 Å². The molecule has 0 aromatic heterocycles. The van der Waals surface area contributed by atoms with Crippen molar-refractivity contribution < 1.29 is 32.8 Å². The number of esters is 1. The molecule has 0 bridgehead atoms. The highest BCUT2D eigenvalue weighted by Gasteiger charge is 2.25. The molecule has 0 amide bonds. The van der Waals surface area contributed by atoms with Gasteiger partial charge in [-0.25, -0.2) is 4.57 Å². The van der Waals surface area contributed by atoms with Crippen LogP contribution in [0.25, 0.3) is 0 Å². The lowest BCUT2D eigenvalue weighted by Crippen LogP contribution is -2.28. The number of carbonyl (C=O) groups is 1. The number of rotatable bonds is 42. The van der Waals surface area contributed by atoms with Crippen LogP contribution < -0.4 is 5.73 Å². The maximum absolute atomic E-state index is 12.6. The lowest BCUT2D eigenvalue weighted by molar-refractivity contribution is -0.154. The zero-order valence-electron chi connectivity index (χ0n) is 34.5. The first-order valence-electron chi connectivity index (χ1n) is 22.0. The van der Waals surface area contributed by atoms with Crippen molar-refractivity contribution in [1.82, 2.24) is 0 Å². The van der Waals surface area contributed by atoms with Gasteiger partial charge in [0.15, 0.2) is 0 Å². The Morgan fingerprint density at radius 1 is 0.566 bits per heavy atom. The summed E-state index contributed by atoms with van der Waals surface area (Å²) in [5.41, 5.74) is 5.37. The number of phosphoric acid groups is 1. The zero-order chi connectivity index (χ0) is 38.8. The first-order valence-corrected chi connectivity index (χ1v) is 23.5. The third-order valence-electron chi connectivity index (χ3n) is 9.28. The van der Waals surface area contributed by atoms with Crippen LogP contribution in [-0.2, 0) is 27.9 Å². The van der Waals surface area contributed by atoms with Crippen molar-refractivity contribution in [3.8, 4) is 0 Å². The highest BCUT2D eigenvalue weighted by molar-refractivity contribution is 7.47. The van der Waals surface area contributed by atoms with Crippen molar-refractivity contribution in [2.24, 2.45) is 5.73 Å². The van der Waals surface area contributed by atoms with Crippen LogP contribution >= 0.6 is 7.82 Å². The molecule has 0 saturated carbocycles. The molecule has 0 aliphatic heterocycles. The summed E-state index contributed by atoms with van der Waals surface area (Å²) >= 11 is 0. The Hall–Kier alpha value is -1.28. The molecule has 0 saturated heterocycles. The summed E-state index contributed by atoms with van der Waals surface area (Å²) < 4.78 is 33.4. The van der Waals surface area contributed by atoms with Gasteiger partial charge in [-0.3, -0.25) is 13.8 Å². The Kier molecular flexibility index (Phi) is 40.9. The molecule has 0 aromatic carbocycles. The molecule has 8 nitrogen and oxygen atoms in total. The van der Waals surface area contributed by atoms with Crippen molar-refractivity contribution in [2.75, 3.05) is 33.0 Å². The molecule has 0 spiro atoms. The third-order valence-corrected chi connectivity index (χ3v) is 10.3. The van der Waals surface area contributed by atoms with E-state index in [0.29, 0.717) is 13.0 Å². The number of hydrogen-bond donors (Lipinski definition) is 2. The Morgan fingerprint density at radius 3 is 1.53 bits per heavy atom. The molecule has 0 aromatic rings. The van der Waals surface area contributed by atoms with E-state index < -0.39 is 13.9 Å². The SMILES string of the molecule is CCCCC/C=C\C/C=C\CCCCCCCCCCOCC(COP(=O)(O)OCCN)OC(=O)CCCCCCC/C=C\CCCCCCCCC. The van der Waals surface area contributed by atoms with Crippen LogP contribution in [0.1, 0.15) is 200 Å². The number of phosphoric ester groups is 1. The van der Waals surface area contributed by atoms with Crippen LogP contribution in [0, 0.1) is 0 Å². The Morgan fingerprint density at radius 2 is 1.00 bits per heavy atom. The van der Waals surface area contributed by atoms with Crippen LogP contribution in [0.5, 0.6) is 0 Å². The van der Waals surface area contributed by atoms with E-state index in [1.165, 1.54) is 128 Å². The van der Waals surface area contributed by atoms with Gasteiger partial charge in [-0.2, -0.15) is 0 Å². The lowest BCUT2D eigenvalue weighted by atomic mass is 10.1. The van der Waals surface area contributed by atoms with Gasteiger partial charge in [0, 0.05) is 19.6 Å². The van der Waals surface area contributed by atoms with E-state index in [4.69, 9.17) is 24.3 Å². The Labute approximate surface area is 327 Å². The summed E-state index contributed by atoms with van der Waals surface area (Å²) in [4.78, 5) is 22.5. The quantitative estimate of drug-likeness (QED) is 0.0273. The van der Waals surface area contributed by atoms with Crippen molar-refractivity contribution >= 4 is 13.8 Å². The van der Waals surface area contributed by atoms with E-state index in [-0.39, 0.29) is 32.3 Å². The molecule has 53 heavy (non-hydrogen) atoms. The summed E-state index contributed by atoms with van der Waals surface area (Å²) in [7, 11) is -4.28. The second-order valence-electron chi connectivity index (χ2n) is 14.6. The monoisotopic (exact) mass is 770 g/mol. The van der Waals surface area contributed by atoms with Gasteiger partial charge in [0.25, 0.3) is 0 Å². The minimum atomic E-state index is -4.28. The second kappa shape index (κ2) is 41.9. The predicted octanol–water partition coefficient (Wildman–Crippen LogP) is 13.0. The normalized spacial score (nSPS) is 13.8. The van der Waals surface area contributed by atoms with Gasteiger partial charge in [-0.15, -0.1) is 0 Å². The number of nitrogens with two attached hydrogens (primary N) is 1. The van der Waals surface area contributed by atoms with Crippen LogP contribution in [-0.4, -0.2) is 49.9 Å². The molecule has 9 heteroatoms. The van der Waals surface area contributed by atoms with Gasteiger partial charge in [-0.05, 0) is 70.6 Å². The fourth-order valence-corrected chi connectivity index (χ4v) is 6.79. The average Bonchev–Trinajstić information content (AvgIpc) is 3.15. The van der Waals surface area contributed by atoms with E-state index >= 15 is 0 Å². The highest BCUT2D eigenvalue weighted by atomic mass is 31.2. The smallest absolute Gasteiger partial charge is 0.457 e. The van der Waals surface area contributed by atoms with Gasteiger partial charge >= 0.3 is 13.8 Å². The minimum absolute atomic E-state index is 0.0978.